The highest BCUT2D eigenvalue weighted by atomic mass is 19.2. The fraction of sp³-hybridized carbons (Fsp3) is 0.650. The molecule has 4 N–H and O–H groups in total. The number of halogens is 4. The minimum atomic E-state index is -0.752. The molecule has 0 unspecified atom stereocenters. The Labute approximate surface area is 295 Å². The summed E-state index contributed by atoms with van der Waals surface area (Å²) in [6, 6.07) is 6.06. The molecule has 2 aliphatic heterocycles. The van der Waals surface area contributed by atoms with Crippen LogP contribution >= 0.6 is 0 Å². The standard InChI is InChI=1S/2C20H28F2N2O/c2*1-13-10-18(21)19(22)12-17(13)15-4-2-14(3-5-15)6-8-23-16-7-9-24-20(25)11-16/h2*10,12,14-16,23H,2-9,11H2,1H3,(H,24,25)/t2*14?,15?,16-/m11/s1. The van der Waals surface area contributed by atoms with Gasteiger partial charge in [0.2, 0.25) is 11.8 Å². The van der Waals surface area contributed by atoms with E-state index >= 15 is 0 Å². The molecule has 10 heteroatoms. The van der Waals surface area contributed by atoms with Gasteiger partial charge in [0.05, 0.1) is 0 Å². The average molecular weight is 701 g/mol. The Morgan fingerprint density at radius 3 is 1.28 bits per heavy atom. The Balaban J connectivity index is 0.000000194. The van der Waals surface area contributed by atoms with Crippen LogP contribution < -0.4 is 21.3 Å². The lowest BCUT2D eigenvalue weighted by Gasteiger charge is -2.30. The molecule has 50 heavy (non-hydrogen) atoms. The molecule has 0 aromatic heterocycles. The molecular formula is C40H56F4N4O2. The molecule has 0 spiro atoms. The van der Waals surface area contributed by atoms with Crippen molar-refractivity contribution in [3.63, 3.8) is 0 Å². The maximum Gasteiger partial charge on any atom is 0.221 e. The van der Waals surface area contributed by atoms with Crippen LogP contribution in [0.25, 0.3) is 0 Å². The van der Waals surface area contributed by atoms with E-state index in [0.717, 1.165) is 125 Å². The maximum absolute atomic E-state index is 13.6. The van der Waals surface area contributed by atoms with Crippen LogP contribution in [0.3, 0.4) is 0 Å². The lowest BCUT2D eigenvalue weighted by molar-refractivity contribution is -0.123. The van der Waals surface area contributed by atoms with Crippen LogP contribution in [0.5, 0.6) is 0 Å². The van der Waals surface area contributed by atoms with Crippen LogP contribution in [0.15, 0.2) is 24.3 Å². The number of hydrogen-bond acceptors (Lipinski definition) is 4. The van der Waals surface area contributed by atoms with E-state index in [1.165, 1.54) is 24.3 Å². The molecule has 2 aromatic rings. The van der Waals surface area contributed by atoms with Crippen LogP contribution in [0, 0.1) is 49.0 Å². The Bertz CT molecular complexity index is 1330. The van der Waals surface area contributed by atoms with Crippen molar-refractivity contribution in [2.75, 3.05) is 26.2 Å². The molecule has 4 fully saturated rings. The average Bonchev–Trinajstić information content (AvgIpc) is 3.09. The number of piperidine rings is 2. The van der Waals surface area contributed by atoms with Gasteiger partial charge in [0.15, 0.2) is 23.3 Å². The molecule has 2 saturated carbocycles. The van der Waals surface area contributed by atoms with Crippen molar-refractivity contribution in [2.24, 2.45) is 11.8 Å². The first-order valence-corrected chi connectivity index (χ1v) is 19.0. The molecule has 2 amide bonds. The van der Waals surface area contributed by atoms with Crippen molar-refractivity contribution in [2.45, 2.75) is 128 Å². The third kappa shape index (κ3) is 11.0. The molecule has 0 radical (unpaired) electrons. The van der Waals surface area contributed by atoms with Gasteiger partial charge in [0.1, 0.15) is 0 Å². The van der Waals surface area contributed by atoms with Crippen LogP contribution in [0.2, 0.25) is 0 Å². The Hall–Kier alpha value is -2.98. The van der Waals surface area contributed by atoms with Gasteiger partial charge in [-0.15, -0.1) is 0 Å². The zero-order valence-electron chi connectivity index (χ0n) is 29.8. The molecule has 276 valence electrons. The van der Waals surface area contributed by atoms with E-state index < -0.39 is 23.3 Å². The van der Waals surface area contributed by atoms with Crippen molar-refractivity contribution in [3.8, 4) is 0 Å². The summed E-state index contributed by atoms with van der Waals surface area (Å²) in [6.07, 6.45) is 14.2. The van der Waals surface area contributed by atoms with Crippen LogP contribution in [0.4, 0.5) is 17.6 Å². The lowest BCUT2D eigenvalue weighted by Crippen LogP contribution is -2.43. The number of nitrogens with one attached hydrogen (secondary N) is 4. The highest BCUT2D eigenvalue weighted by molar-refractivity contribution is 5.77. The first-order valence-electron chi connectivity index (χ1n) is 19.0. The molecule has 2 saturated heterocycles. The summed E-state index contributed by atoms with van der Waals surface area (Å²) in [6.45, 7) is 7.20. The molecule has 2 heterocycles. The summed E-state index contributed by atoms with van der Waals surface area (Å²) in [5.41, 5.74) is 3.67. The fourth-order valence-electron chi connectivity index (χ4n) is 8.63. The summed E-state index contributed by atoms with van der Waals surface area (Å²) in [5.74, 6) is -0.611. The quantitative estimate of drug-likeness (QED) is 0.193. The van der Waals surface area contributed by atoms with Crippen molar-refractivity contribution in [1.82, 2.24) is 21.3 Å². The van der Waals surface area contributed by atoms with Gasteiger partial charge in [-0.1, -0.05) is 0 Å². The van der Waals surface area contributed by atoms with Gasteiger partial charge in [-0.05, 0) is 174 Å². The fourth-order valence-corrected chi connectivity index (χ4v) is 8.63. The van der Waals surface area contributed by atoms with Crippen molar-refractivity contribution in [3.05, 3.63) is 69.8 Å². The highest BCUT2D eigenvalue weighted by Gasteiger charge is 2.27. The first kappa shape index (κ1) is 38.3. The number of benzene rings is 2. The molecule has 6 rings (SSSR count). The molecule has 2 atom stereocenters. The number of aryl methyl sites for hydroxylation is 2. The summed E-state index contributed by atoms with van der Waals surface area (Å²) in [5, 5.41) is 12.7. The second-order valence-corrected chi connectivity index (χ2v) is 15.2. The smallest absolute Gasteiger partial charge is 0.221 e. The zero-order valence-corrected chi connectivity index (χ0v) is 29.8. The summed E-state index contributed by atoms with van der Waals surface area (Å²) in [4.78, 5) is 22.8. The zero-order chi connectivity index (χ0) is 35.6. The number of hydrogen-bond donors (Lipinski definition) is 4. The van der Waals surface area contributed by atoms with Gasteiger partial charge in [-0.25, -0.2) is 17.6 Å². The number of carbonyl (C=O) groups is 2. The minimum absolute atomic E-state index is 0.145. The minimum Gasteiger partial charge on any atom is -0.356 e. The van der Waals surface area contributed by atoms with E-state index in [1.807, 2.05) is 13.8 Å². The van der Waals surface area contributed by atoms with E-state index in [2.05, 4.69) is 21.3 Å². The molecule has 0 bridgehead atoms. The topological polar surface area (TPSA) is 82.3 Å². The molecule has 2 aromatic carbocycles. The van der Waals surface area contributed by atoms with Crippen molar-refractivity contribution >= 4 is 11.8 Å². The predicted molar refractivity (Wildman–Crippen MR) is 189 cm³/mol. The number of amides is 2. The summed E-state index contributed by atoms with van der Waals surface area (Å²) >= 11 is 0. The predicted octanol–water partition coefficient (Wildman–Crippen LogP) is 7.61. The Morgan fingerprint density at radius 1 is 0.560 bits per heavy atom. The Kier molecular flexibility index (Phi) is 14.1. The normalized spacial score (nSPS) is 27.2. The van der Waals surface area contributed by atoms with Crippen LogP contribution in [-0.4, -0.2) is 50.1 Å². The molecular weight excluding hydrogens is 644 g/mol. The van der Waals surface area contributed by atoms with E-state index in [9.17, 15) is 27.2 Å². The second-order valence-electron chi connectivity index (χ2n) is 15.2. The lowest BCUT2D eigenvalue weighted by atomic mass is 9.76. The SMILES string of the molecule is Cc1cc(F)c(F)cc1C1CCC(CCN[C@@H]2CCNC(=O)C2)CC1.Cc1cc(F)c(F)cc1C1CCC(CCN[C@@H]2CCNC(=O)C2)CC1. The third-order valence-corrected chi connectivity index (χ3v) is 11.7. The monoisotopic (exact) mass is 700 g/mol. The van der Waals surface area contributed by atoms with Gasteiger partial charge in [-0.3, -0.25) is 9.59 Å². The van der Waals surface area contributed by atoms with E-state index in [-0.39, 0.29) is 11.8 Å². The molecule has 2 aliphatic carbocycles. The highest BCUT2D eigenvalue weighted by Crippen LogP contribution is 2.40. The van der Waals surface area contributed by atoms with Gasteiger partial charge in [0, 0.05) is 38.0 Å². The first-order chi connectivity index (χ1) is 24.0. The Morgan fingerprint density at radius 2 is 0.920 bits per heavy atom. The largest absolute Gasteiger partial charge is 0.356 e. The summed E-state index contributed by atoms with van der Waals surface area (Å²) < 4.78 is 53.7. The summed E-state index contributed by atoms with van der Waals surface area (Å²) in [7, 11) is 0. The van der Waals surface area contributed by atoms with E-state index in [4.69, 9.17) is 0 Å². The van der Waals surface area contributed by atoms with Crippen molar-refractivity contribution < 1.29 is 27.2 Å². The maximum atomic E-state index is 13.6. The van der Waals surface area contributed by atoms with Crippen LogP contribution in [0.1, 0.15) is 124 Å². The van der Waals surface area contributed by atoms with Crippen LogP contribution in [-0.2, 0) is 9.59 Å². The van der Waals surface area contributed by atoms with E-state index in [1.54, 1.807) is 0 Å². The van der Waals surface area contributed by atoms with Gasteiger partial charge < -0.3 is 21.3 Å². The molecule has 4 aliphatic rings. The van der Waals surface area contributed by atoms with Gasteiger partial charge in [-0.2, -0.15) is 0 Å². The van der Waals surface area contributed by atoms with Gasteiger partial charge >= 0.3 is 0 Å². The number of carbonyl (C=O) groups excluding carboxylic acids is 2. The third-order valence-electron chi connectivity index (χ3n) is 11.7. The molecule has 6 nitrogen and oxygen atoms in total. The van der Waals surface area contributed by atoms with E-state index in [0.29, 0.717) is 48.6 Å². The second kappa shape index (κ2) is 18.5. The van der Waals surface area contributed by atoms with Gasteiger partial charge in [0.25, 0.3) is 0 Å². The number of rotatable bonds is 10. The van der Waals surface area contributed by atoms with Crippen molar-refractivity contribution in [1.29, 1.82) is 0 Å².